The quantitative estimate of drug-likeness (QED) is 0.633. The first-order valence-corrected chi connectivity index (χ1v) is 8.82. The molecular weight excluding hydrogens is 393 g/mol. The molecule has 1 N–H and O–H groups in total. The van der Waals surface area contributed by atoms with Crippen molar-refractivity contribution >= 4 is 34.2 Å². The van der Waals surface area contributed by atoms with Gasteiger partial charge in [-0.3, -0.25) is 0 Å². The second-order valence-electron chi connectivity index (χ2n) is 5.34. The maximum Gasteiger partial charge on any atom is 0.0408 e. The lowest BCUT2D eigenvalue weighted by atomic mass is 9.92. The van der Waals surface area contributed by atoms with Gasteiger partial charge in [-0.05, 0) is 89.8 Å². The minimum absolute atomic E-state index is 0.587. The van der Waals surface area contributed by atoms with Crippen molar-refractivity contribution in [1.29, 1.82) is 0 Å². The summed E-state index contributed by atoms with van der Waals surface area (Å²) in [6.45, 7) is 4.20. The highest BCUT2D eigenvalue weighted by molar-refractivity contribution is 14.1. The molecule has 0 saturated heterocycles. The average molecular weight is 414 g/mol. The van der Waals surface area contributed by atoms with Crippen LogP contribution in [0.4, 0.5) is 0 Å². The number of nitrogens with one attached hydrogen (secondary N) is 1. The summed E-state index contributed by atoms with van der Waals surface area (Å²) < 4.78 is 1.29. The lowest BCUT2D eigenvalue weighted by Crippen LogP contribution is -2.25. The van der Waals surface area contributed by atoms with E-state index in [1.165, 1.54) is 14.7 Å². The molecule has 0 fully saturated rings. The van der Waals surface area contributed by atoms with Crippen LogP contribution < -0.4 is 5.32 Å². The molecule has 0 radical (unpaired) electrons. The summed E-state index contributed by atoms with van der Waals surface area (Å²) in [4.78, 5) is 0. The van der Waals surface area contributed by atoms with Crippen molar-refractivity contribution in [1.82, 2.24) is 5.32 Å². The van der Waals surface area contributed by atoms with Gasteiger partial charge in [0.25, 0.3) is 0 Å². The second-order valence-corrected chi connectivity index (χ2v) is 7.02. The predicted molar refractivity (Wildman–Crippen MR) is 100 cm³/mol. The van der Waals surface area contributed by atoms with Crippen LogP contribution in [0.15, 0.2) is 48.5 Å². The Balaban J connectivity index is 2.04. The van der Waals surface area contributed by atoms with E-state index in [2.05, 4.69) is 71.2 Å². The average Bonchev–Trinajstić information content (AvgIpc) is 2.47. The lowest BCUT2D eigenvalue weighted by molar-refractivity contribution is 0.478. The van der Waals surface area contributed by atoms with Crippen molar-refractivity contribution < 1.29 is 0 Å². The first-order chi connectivity index (χ1) is 10.2. The van der Waals surface area contributed by atoms with Crippen LogP contribution in [0.1, 0.15) is 18.1 Å². The topological polar surface area (TPSA) is 12.0 Å². The molecule has 0 aliphatic heterocycles. The Morgan fingerprint density at radius 3 is 2.43 bits per heavy atom. The Bertz CT molecular complexity index is 553. The van der Waals surface area contributed by atoms with E-state index in [9.17, 15) is 0 Å². The van der Waals surface area contributed by atoms with Gasteiger partial charge in [0.05, 0.1) is 0 Å². The van der Waals surface area contributed by atoms with Crippen molar-refractivity contribution in [3.8, 4) is 0 Å². The van der Waals surface area contributed by atoms with Gasteiger partial charge >= 0.3 is 0 Å². The summed E-state index contributed by atoms with van der Waals surface area (Å²) in [6, 6.07) is 17.0. The summed E-state index contributed by atoms with van der Waals surface area (Å²) in [5, 5.41) is 4.30. The Morgan fingerprint density at radius 2 is 1.76 bits per heavy atom. The third kappa shape index (κ3) is 5.97. The van der Waals surface area contributed by atoms with Crippen LogP contribution in [0, 0.1) is 9.49 Å². The monoisotopic (exact) mass is 413 g/mol. The van der Waals surface area contributed by atoms with Gasteiger partial charge in [-0.2, -0.15) is 0 Å². The Kier molecular flexibility index (Phi) is 7.00. The molecule has 1 atom stereocenters. The zero-order chi connectivity index (χ0) is 15.1. The van der Waals surface area contributed by atoms with Gasteiger partial charge in [-0.25, -0.2) is 0 Å². The van der Waals surface area contributed by atoms with Crippen LogP contribution in [0.5, 0.6) is 0 Å². The van der Waals surface area contributed by atoms with Gasteiger partial charge in [-0.15, -0.1) is 0 Å². The molecule has 0 bridgehead atoms. The van der Waals surface area contributed by atoms with Crippen molar-refractivity contribution in [2.75, 3.05) is 13.1 Å². The molecule has 0 spiro atoms. The van der Waals surface area contributed by atoms with Crippen LogP contribution in [-0.4, -0.2) is 13.1 Å². The molecule has 21 heavy (non-hydrogen) atoms. The molecule has 1 nitrogen and oxygen atoms in total. The standard InChI is InChI=1S/C18H21ClIN/c1-2-21-13-16(10-14-6-8-18(20)9-7-14)11-15-4-3-5-17(19)12-15/h3-9,12,16,21H,2,10-11,13H2,1H3. The highest BCUT2D eigenvalue weighted by Crippen LogP contribution is 2.18. The lowest BCUT2D eigenvalue weighted by Gasteiger charge is -2.18. The van der Waals surface area contributed by atoms with E-state index in [0.29, 0.717) is 5.92 Å². The predicted octanol–water partition coefficient (Wildman–Crippen LogP) is 4.96. The number of hydrogen-bond acceptors (Lipinski definition) is 1. The molecule has 2 aromatic rings. The van der Waals surface area contributed by atoms with Crippen molar-refractivity contribution in [2.45, 2.75) is 19.8 Å². The molecule has 2 rings (SSSR count). The highest BCUT2D eigenvalue weighted by Gasteiger charge is 2.11. The van der Waals surface area contributed by atoms with E-state index >= 15 is 0 Å². The smallest absolute Gasteiger partial charge is 0.0408 e. The van der Waals surface area contributed by atoms with E-state index in [4.69, 9.17) is 11.6 Å². The van der Waals surface area contributed by atoms with E-state index in [0.717, 1.165) is 31.0 Å². The van der Waals surface area contributed by atoms with Crippen molar-refractivity contribution in [3.63, 3.8) is 0 Å². The number of hydrogen-bond donors (Lipinski definition) is 1. The number of benzene rings is 2. The summed E-state index contributed by atoms with van der Waals surface area (Å²) in [7, 11) is 0. The molecule has 0 aliphatic rings. The third-order valence-corrected chi connectivity index (χ3v) is 4.49. The van der Waals surface area contributed by atoms with Crippen molar-refractivity contribution in [2.24, 2.45) is 5.92 Å². The van der Waals surface area contributed by atoms with Crippen LogP contribution in [-0.2, 0) is 12.8 Å². The van der Waals surface area contributed by atoms with E-state index in [-0.39, 0.29) is 0 Å². The Labute approximate surface area is 146 Å². The molecule has 0 heterocycles. The summed E-state index contributed by atoms with van der Waals surface area (Å²) in [5.74, 6) is 0.587. The van der Waals surface area contributed by atoms with E-state index in [1.54, 1.807) is 0 Å². The zero-order valence-electron chi connectivity index (χ0n) is 12.3. The first kappa shape index (κ1) is 16.8. The molecule has 3 heteroatoms. The van der Waals surface area contributed by atoms with Gasteiger partial charge in [0.15, 0.2) is 0 Å². The molecule has 0 saturated carbocycles. The van der Waals surface area contributed by atoms with Gasteiger partial charge in [-0.1, -0.05) is 42.8 Å². The molecule has 1 unspecified atom stereocenters. The Morgan fingerprint density at radius 1 is 1.05 bits per heavy atom. The summed E-state index contributed by atoms with van der Waals surface area (Å²) in [5.41, 5.74) is 2.72. The highest BCUT2D eigenvalue weighted by atomic mass is 127. The summed E-state index contributed by atoms with van der Waals surface area (Å²) in [6.07, 6.45) is 2.15. The summed E-state index contributed by atoms with van der Waals surface area (Å²) >= 11 is 8.44. The fraction of sp³-hybridized carbons (Fsp3) is 0.333. The van der Waals surface area contributed by atoms with Gasteiger partial charge in [0.1, 0.15) is 0 Å². The number of rotatable bonds is 7. The molecule has 0 amide bonds. The molecular formula is C18H21ClIN. The third-order valence-electron chi connectivity index (χ3n) is 3.53. The van der Waals surface area contributed by atoms with Gasteiger partial charge < -0.3 is 5.32 Å². The zero-order valence-corrected chi connectivity index (χ0v) is 15.2. The van der Waals surface area contributed by atoms with Crippen LogP contribution in [0.3, 0.4) is 0 Å². The molecule has 0 aromatic heterocycles. The SMILES string of the molecule is CCNCC(Cc1ccc(I)cc1)Cc1cccc(Cl)c1. The minimum Gasteiger partial charge on any atom is -0.317 e. The second kappa shape index (κ2) is 8.76. The minimum atomic E-state index is 0.587. The van der Waals surface area contributed by atoms with E-state index in [1.807, 2.05) is 12.1 Å². The van der Waals surface area contributed by atoms with Gasteiger partial charge in [0.2, 0.25) is 0 Å². The van der Waals surface area contributed by atoms with E-state index < -0.39 is 0 Å². The molecule has 112 valence electrons. The van der Waals surface area contributed by atoms with Crippen molar-refractivity contribution in [3.05, 3.63) is 68.3 Å². The van der Waals surface area contributed by atoms with Crippen LogP contribution >= 0.6 is 34.2 Å². The first-order valence-electron chi connectivity index (χ1n) is 7.37. The van der Waals surface area contributed by atoms with Crippen LogP contribution in [0.25, 0.3) is 0 Å². The number of halogens is 2. The fourth-order valence-electron chi connectivity index (χ4n) is 2.52. The molecule has 0 aliphatic carbocycles. The Hall–Kier alpha value is -0.580. The largest absolute Gasteiger partial charge is 0.317 e. The fourth-order valence-corrected chi connectivity index (χ4v) is 3.09. The maximum atomic E-state index is 6.09. The van der Waals surface area contributed by atoms with Gasteiger partial charge in [0, 0.05) is 8.59 Å². The normalized spacial score (nSPS) is 12.3. The maximum absolute atomic E-state index is 6.09. The molecule has 2 aromatic carbocycles. The van der Waals surface area contributed by atoms with Crippen LogP contribution in [0.2, 0.25) is 5.02 Å².